The first-order chi connectivity index (χ1) is 19.4. The third-order valence-corrected chi connectivity index (χ3v) is 5.45. The van der Waals surface area contributed by atoms with Crippen LogP contribution in [-0.4, -0.2) is 35.1 Å². The molecular weight excluding hydrogens is 522 g/mol. The minimum atomic E-state index is -0.328. The van der Waals surface area contributed by atoms with E-state index < -0.39 is 0 Å². The van der Waals surface area contributed by atoms with Gasteiger partial charge in [-0.1, -0.05) is 64.7 Å². The van der Waals surface area contributed by atoms with Crippen molar-refractivity contribution in [2.75, 3.05) is 13.7 Å². The number of nitrogens with zero attached hydrogens (tertiary/aromatic N) is 3. The smallest absolute Gasteiger partial charge is 0.303 e. The molecule has 3 rings (SSSR count). The number of unbranched alkanes of at least 4 members (excludes halogenated alkanes) is 3. The van der Waals surface area contributed by atoms with Gasteiger partial charge in [0.15, 0.2) is 0 Å². The van der Waals surface area contributed by atoms with E-state index in [9.17, 15) is 4.79 Å². The summed E-state index contributed by atoms with van der Waals surface area (Å²) >= 11 is 0. The van der Waals surface area contributed by atoms with E-state index in [-0.39, 0.29) is 19.0 Å². The summed E-state index contributed by atoms with van der Waals surface area (Å²) in [5.74, 6) is -0.225. The van der Waals surface area contributed by atoms with Crippen LogP contribution >= 0.6 is 0 Å². The number of allylic oxidation sites excluding steroid dienone is 4. The maximum atomic E-state index is 10.2. The number of hydrogen-bond donors (Lipinski definition) is 0. The van der Waals surface area contributed by atoms with Gasteiger partial charge in [-0.25, -0.2) is 4.68 Å². The summed E-state index contributed by atoms with van der Waals surface area (Å²) in [5.41, 5.74) is 6.20. The molecule has 0 saturated heterocycles. The molecule has 6 heteroatoms. The molecule has 2 aromatic rings. The number of terminal acetylenes is 1. The van der Waals surface area contributed by atoms with E-state index in [0.29, 0.717) is 5.56 Å². The molecule has 1 aliphatic carbocycles. The van der Waals surface area contributed by atoms with Gasteiger partial charge in [0, 0.05) is 20.6 Å². The number of hydrogen-bond acceptors (Lipinski definition) is 5. The largest absolute Gasteiger partial charge is 0.460 e. The normalized spacial score (nSPS) is 11.3. The average molecular weight is 580 g/mol. The van der Waals surface area contributed by atoms with E-state index in [1.807, 2.05) is 63.6 Å². The molecule has 0 amide bonds. The number of aryl methyl sites for hydroxylation is 1. The highest BCUT2D eigenvalue weighted by Crippen LogP contribution is 2.28. The molecule has 0 N–H and O–H groups in total. The van der Waals surface area contributed by atoms with E-state index in [1.54, 1.807) is 7.11 Å². The molecule has 6 nitrogen and oxygen atoms in total. The Labute approximate surface area is 257 Å². The zero-order chi connectivity index (χ0) is 31.8. The standard InChI is InChI=1S/C18H17N3.C6H12O2.C6H14.C3H8O.C2H2.CH4/c1-13-3-7-16(8-4-13)18-11-14(2)20-21(18)17-9-5-15(12-19)6-10-17;1-5(7)8-6(2,3)4;1-3-5-6-4-2;1-3-4-2;1-2;/h3,5-7,9-11H,4,8H2,1-2H3;1-4H3;3-6H2,1-2H3;3H2,1-2H3;1-2H;1H4. The van der Waals surface area contributed by atoms with Gasteiger partial charge in [-0.3, -0.25) is 4.79 Å². The van der Waals surface area contributed by atoms with Crippen molar-refractivity contribution in [3.63, 3.8) is 0 Å². The van der Waals surface area contributed by atoms with Crippen molar-refractivity contribution < 1.29 is 14.3 Å². The molecule has 0 radical (unpaired) electrons. The van der Waals surface area contributed by atoms with Gasteiger partial charge in [0.25, 0.3) is 0 Å². The van der Waals surface area contributed by atoms with Crippen LogP contribution in [0.3, 0.4) is 0 Å². The summed E-state index contributed by atoms with van der Waals surface area (Å²) in [6, 6.07) is 11.8. The molecule has 1 aliphatic rings. The van der Waals surface area contributed by atoms with Gasteiger partial charge in [0.1, 0.15) is 5.60 Å². The van der Waals surface area contributed by atoms with Crippen molar-refractivity contribution in [2.45, 2.75) is 114 Å². The summed E-state index contributed by atoms with van der Waals surface area (Å²) < 4.78 is 11.3. The summed E-state index contributed by atoms with van der Waals surface area (Å²) in [6.45, 7) is 18.3. The van der Waals surface area contributed by atoms with Gasteiger partial charge in [-0.2, -0.15) is 10.4 Å². The lowest BCUT2D eigenvalue weighted by Gasteiger charge is -2.17. The van der Waals surface area contributed by atoms with Crippen LogP contribution in [0.1, 0.15) is 118 Å². The molecule has 1 aromatic carbocycles. The molecule has 0 saturated carbocycles. The molecule has 1 aromatic heterocycles. The number of ether oxygens (including phenoxy) is 2. The van der Waals surface area contributed by atoms with Crippen LogP contribution in [0.4, 0.5) is 0 Å². The molecule has 0 fully saturated rings. The Balaban J connectivity index is -0.000000602. The number of carbonyl (C=O) groups excluding carboxylic acids is 1. The SMILES string of the molecule is C.C#C.CC(=O)OC(C)(C)C.CC1=CC=C(c2cc(C)nn2-c2ccc(C#N)cc2)CC1.CCCCCC.CCOC. The highest BCUT2D eigenvalue weighted by Gasteiger charge is 2.14. The van der Waals surface area contributed by atoms with Crippen molar-refractivity contribution >= 4 is 11.5 Å². The van der Waals surface area contributed by atoms with Crippen molar-refractivity contribution in [1.82, 2.24) is 9.78 Å². The highest BCUT2D eigenvalue weighted by atomic mass is 16.6. The fourth-order valence-corrected chi connectivity index (χ4v) is 3.49. The Morgan fingerprint density at radius 1 is 1.02 bits per heavy atom. The Morgan fingerprint density at radius 3 is 1.88 bits per heavy atom. The Hall–Kier alpha value is -3.61. The average Bonchev–Trinajstić information content (AvgIpc) is 3.34. The zero-order valence-electron chi connectivity index (χ0n) is 27.2. The van der Waals surface area contributed by atoms with Crippen LogP contribution in [0.15, 0.2) is 48.1 Å². The second-order valence-corrected chi connectivity index (χ2v) is 10.4. The topological polar surface area (TPSA) is 77.1 Å². The highest BCUT2D eigenvalue weighted by molar-refractivity contribution is 5.68. The Bertz CT molecular complexity index is 1100. The van der Waals surface area contributed by atoms with E-state index in [4.69, 9.17) is 10.00 Å². The molecule has 234 valence electrons. The quantitative estimate of drug-likeness (QED) is 0.193. The maximum absolute atomic E-state index is 10.2. The lowest BCUT2D eigenvalue weighted by molar-refractivity contribution is -0.151. The molecule has 1 heterocycles. The fraction of sp³-hybridized carbons (Fsp3) is 0.528. The molecule has 0 aliphatic heterocycles. The fourth-order valence-electron chi connectivity index (χ4n) is 3.49. The van der Waals surface area contributed by atoms with Crippen LogP contribution in [0, 0.1) is 31.1 Å². The number of aromatic nitrogens is 2. The number of methoxy groups -OCH3 is 1. The first-order valence-corrected chi connectivity index (χ1v) is 14.4. The van der Waals surface area contributed by atoms with Crippen molar-refractivity contribution in [2.24, 2.45) is 0 Å². The number of carbonyl (C=O) groups is 1. The molecular formula is C36H57N3O3. The molecule has 0 atom stereocenters. The van der Waals surface area contributed by atoms with Crippen molar-refractivity contribution in [1.29, 1.82) is 5.26 Å². The third kappa shape index (κ3) is 20.3. The van der Waals surface area contributed by atoms with Gasteiger partial charge in [-0.15, -0.1) is 12.8 Å². The zero-order valence-corrected chi connectivity index (χ0v) is 27.2. The van der Waals surface area contributed by atoms with Crippen LogP contribution in [-0.2, 0) is 14.3 Å². The third-order valence-electron chi connectivity index (χ3n) is 5.45. The predicted octanol–water partition coefficient (Wildman–Crippen LogP) is 9.65. The molecule has 0 unspecified atom stereocenters. The van der Waals surface area contributed by atoms with Gasteiger partial charge in [-0.05, 0) is 90.3 Å². The Kier molecular flexibility index (Phi) is 25.6. The monoisotopic (exact) mass is 579 g/mol. The number of rotatable bonds is 6. The van der Waals surface area contributed by atoms with E-state index in [2.05, 4.69) is 67.7 Å². The summed E-state index contributed by atoms with van der Waals surface area (Å²) in [5, 5.41) is 13.5. The van der Waals surface area contributed by atoms with Gasteiger partial charge in [0.2, 0.25) is 0 Å². The number of nitriles is 1. The van der Waals surface area contributed by atoms with Gasteiger partial charge < -0.3 is 9.47 Å². The number of esters is 1. The first-order valence-electron chi connectivity index (χ1n) is 14.4. The molecule has 42 heavy (non-hydrogen) atoms. The van der Waals surface area contributed by atoms with Crippen LogP contribution in [0.2, 0.25) is 0 Å². The first kappa shape index (κ1) is 42.9. The Morgan fingerprint density at radius 2 is 1.55 bits per heavy atom. The van der Waals surface area contributed by atoms with Crippen molar-refractivity contribution in [3.05, 3.63) is 65.0 Å². The summed E-state index contributed by atoms with van der Waals surface area (Å²) in [6.07, 6.45) is 20.1. The van der Waals surface area contributed by atoms with E-state index in [0.717, 1.165) is 36.5 Å². The van der Waals surface area contributed by atoms with Crippen LogP contribution in [0.25, 0.3) is 11.3 Å². The summed E-state index contributed by atoms with van der Waals surface area (Å²) in [4.78, 5) is 10.2. The minimum absolute atomic E-state index is 0. The predicted molar refractivity (Wildman–Crippen MR) is 179 cm³/mol. The van der Waals surface area contributed by atoms with Gasteiger partial charge >= 0.3 is 5.97 Å². The minimum Gasteiger partial charge on any atom is -0.460 e. The van der Waals surface area contributed by atoms with Crippen molar-refractivity contribution in [3.8, 4) is 24.6 Å². The van der Waals surface area contributed by atoms with E-state index in [1.165, 1.54) is 43.8 Å². The maximum Gasteiger partial charge on any atom is 0.303 e. The molecule has 0 spiro atoms. The number of benzene rings is 1. The second kappa shape index (κ2) is 25.1. The van der Waals surface area contributed by atoms with Gasteiger partial charge in [0.05, 0.1) is 28.7 Å². The van der Waals surface area contributed by atoms with E-state index >= 15 is 0 Å². The summed E-state index contributed by atoms with van der Waals surface area (Å²) in [7, 11) is 1.68. The van der Waals surface area contributed by atoms with Crippen LogP contribution < -0.4 is 0 Å². The lowest BCUT2D eigenvalue weighted by Crippen LogP contribution is -2.21. The second-order valence-electron chi connectivity index (χ2n) is 10.4. The molecule has 0 bridgehead atoms. The van der Waals surface area contributed by atoms with Crippen LogP contribution in [0.5, 0.6) is 0 Å². The lowest BCUT2D eigenvalue weighted by atomic mass is 9.97.